The highest BCUT2D eigenvalue weighted by atomic mass is 79.9. The Hall–Kier alpha value is -2.94. The number of halogens is 3. The van der Waals surface area contributed by atoms with Gasteiger partial charge < -0.3 is 18.9 Å². The zero-order chi connectivity index (χ0) is 24.9. The van der Waals surface area contributed by atoms with Crippen LogP contribution in [0.3, 0.4) is 0 Å². The predicted molar refractivity (Wildman–Crippen MR) is 135 cm³/mol. The van der Waals surface area contributed by atoms with Gasteiger partial charge in [0.05, 0.1) is 28.4 Å². The van der Waals surface area contributed by atoms with E-state index in [1.165, 1.54) is 12.1 Å². The number of carbonyl (C=O) groups excluding carboxylic acids is 1. The number of fused-ring (bicyclic) bond motifs is 1. The van der Waals surface area contributed by atoms with Gasteiger partial charge in [-0.05, 0) is 39.2 Å². The number of nitrogens with zero attached hydrogens (tertiary/aromatic N) is 2. The second kappa shape index (κ2) is 11.2. The summed E-state index contributed by atoms with van der Waals surface area (Å²) < 4.78 is 27.2. The molecule has 2 aromatic carbocycles. The maximum Gasteiger partial charge on any atom is 0.274 e. The van der Waals surface area contributed by atoms with Crippen LogP contribution >= 0.6 is 27.5 Å². The number of rotatable bonds is 9. The van der Waals surface area contributed by atoms with Crippen molar-refractivity contribution in [1.82, 2.24) is 9.47 Å². The van der Waals surface area contributed by atoms with E-state index in [-0.39, 0.29) is 42.1 Å². The second-order valence-electron chi connectivity index (χ2n) is 7.97. The number of benzene rings is 2. The molecule has 0 aliphatic carbocycles. The predicted octanol–water partition coefficient (Wildman–Crippen LogP) is 5.34. The number of hydrogen-bond acceptors (Lipinski definition) is 4. The van der Waals surface area contributed by atoms with Gasteiger partial charge >= 0.3 is 0 Å². The van der Waals surface area contributed by atoms with E-state index in [1.54, 1.807) is 21.6 Å². The van der Waals surface area contributed by atoms with Crippen LogP contribution in [0.1, 0.15) is 27.3 Å². The Morgan fingerprint density at radius 1 is 1.09 bits per heavy atom. The molecule has 1 aromatic heterocycles. The first-order chi connectivity index (χ1) is 16.9. The summed E-state index contributed by atoms with van der Waals surface area (Å²) in [7, 11) is 0. The Kier molecular flexibility index (Phi) is 8.05. The lowest BCUT2D eigenvalue weighted by Crippen LogP contribution is -2.43. The number of amides is 1. The molecule has 0 unspecified atom stereocenters. The first-order valence-corrected chi connectivity index (χ1v) is 12.1. The Morgan fingerprint density at radius 3 is 2.57 bits per heavy atom. The maximum absolute atomic E-state index is 13.7. The lowest BCUT2D eigenvalue weighted by atomic mass is 10.1. The number of hydrogen-bond donors (Lipinski definition) is 0. The van der Waals surface area contributed by atoms with Gasteiger partial charge in [-0.15, -0.1) is 6.58 Å². The normalized spacial score (nSPS) is 13.0. The van der Waals surface area contributed by atoms with Crippen LogP contribution in [0.15, 0.2) is 70.5 Å². The molecular weight excluding hydrogens is 539 g/mol. The highest BCUT2D eigenvalue weighted by Crippen LogP contribution is 2.29. The molecule has 6 nitrogen and oxygen atoms in total. The lowest BCUT2D eigenvalue weighted by Gasteiger charge is -2.33. The molecule has 1 amide bonds. The summed E-state index contributed by atoms with van der Waals surface area (Å²) in [6, 6.07) is 13.7. The van der Waals surface area contributed by atoms with Crippen molar-refractivity contribution < 1.29 is 18.7 Å². The molecule has 0 saturated heterocycles. The molecule has 3 aromatic rings. The molecule has 0 spiro atoms. The standard InChI is InChI=1S/C26H23BrClFN2O4/c1-2-12-34-16-21-22(27)24(32)25(35-15-17-6-4-3-5-7-17)23-26(33)30(10-11-31(21)23)14-18-8-9-20(29)19(28)13-18/h2-9,13H,1,10-12,14-16H2. The molecule has 1 aliphatic rings. The van der Waals surface area contributed by atoms with Gasteiger partial charge in [0.25, 0.3) is 5.91 Å². The highest BCUT2D eigenvalue weighted by molar-refractivity contribution is 9.10. The summed E-state index contributed by atoms with van der Waals surface area (Å²) >= 11 is 9.32. The van der Waals surface area contributed by atoms with Crippen molar-refractivity contribution in [3.8, 4) is 5.75 Å². The molecule has 1 aliphatic heterocycles. The van der Waals surface area contributed by atoms with Crippen molar-refractivity contribution in [3.05, 3.63) is 109 Å². The average Bonchev–Trinajstić information content (AvgIpc) is 2.86. The van der Waals surface area contributed by atoms with Crippen LogP contribution < -0.4 is 10.2 Å². The third-order valence-corrected chi connectivity index (χ3v) is 6.72. The molecule has 182 valence electrons. The van der Waals surface area contributed by atoms with Crippen molar-refractivity contribution in [1.29, 1.82) is 0 Å². The van der Waals surface area contributed by atoms with E-state index >= 15 is 0 Å². The number of carbonyl (C=O) groups is 1. The zero-order valence-corrected chi connectivity index (χ0v) is 21.1. The minimum atomic E-state index is -0.525. The summed E-state index contributed by atoms with van der Waals surface area (Å²) in [5.41, 5.74) is 1.83. The fourth-order valence-corrected chi connectivity index (χ4v) is 4.61. The first kappa shape index (κ1) is 25.2. The van der Waals surface area contributed by atoms with E-state index in [4.69, 9.17) is 21.1 Å². The van der Waals surface area contributed by atoms with Gasteiger partial charge in [-0.1, -0.05) is 54.1 Å². The number of aromatic nitrogens is 1. The van der Waals surface area contributed by atoms with E-state index < -0.39 is 11.2 Å². The van der Waals surface area contributed by atoms with Gasteiger partial charge in [0, 0.05) is 19.6 Å². The van der Waals surface area contributed by atoms with E-state index in [0.717, 1.165) is 5.56 Å². The third-order valence-electron chi connectivity index (χ3n) is 5.61. The van der Waals surface area contributed by atoms with Crippen LogP contribution in [0.2, 0.25) is 5.02 Å². The Morgan fingerprint density at radius 2 is 1.86 bits per heavy atom. The van der Waals surface area contributed by atoms with Crippen LogP contribution in [-0.4, -0.2) is 28.5 Å². The number of pyridine rings is 1. The molecule has 0 N–H and O–H groups in total. The SMILES string of the molecule is C=CCOCc1c(Br)c(=O)c(OCc2ccccc2)c2n1CCN(Cc1ccc(F)c(Cl)c1)C2=O. The van der Waals surface area contributed by atoms with Gasteiger partial charge in [0.15, 0.2) is 11.4 Å². The topological polar surface area (TPSA) is 60.8 Å². The molecule has 35 heavy (non-hydrogen) atoms. The van der Waals surface area contributed by atoms with Gasteiger partial charge in [-0.3, -0.25) is 9.59 Å². The Balaban J connectivity index is 1.72. The van der Waals surface area contributed by atoms with E-state index in [1.807, 2.05) is 30.3 Å². The quantitative estimate of drug-likeness (QED) is 0.261. The van der Waals surface area contributed by atoms with Crippen molar-refractivity contribution in [3.63, 3.8) is 0 Å². The van der Waals surface area contributed by atoms with Crippen molar-refractivity contribution in [2.45, 2.75) is 26.3 Å². The van der Waals surface area contributed by atoms with Gasteiger partial charge in [-0.2, -0.15) is 0 Å². The first-order valence-electron chi connectivity index (χ1n) is 10.9. The molecule has 0 bridgehead atoms. The minimum absolute atomic E-state index is 0.0129. The molecule has 9 heteroatoms. The highest BCUT2D eigenvalue weighted by Gasteiger charge is 2.33. The summed E-state index contributed by atoms with van der Waals surface area (Å²) in [6.45, 7) is 5.20. The fraction of sp³-hybridized carbons (Fsp3) is 0.231. The average molecular weight is 562 g/mol. The fourth-order valence-electron chi connectivity index (χ4n) is 3.90. The number of ether oxygens (including phenoxy) is 2. The molecule has 0 atom stereocenters. The monoisotopic (exact) mass is 560 g/mol. The Bertz CT molecular complexity index is 1310. The smallest absolute Gasteiger partial charge is 0.274 e. The van der Waals surface area contributed by atoms with Crippen molar-refractivity contribution in [2.24, 2.45) is 0 Å². The molecule has 0 radical (unpaired) electrons. The maximum atomic E-state index is 13.7. The molecular formula is C26H23BrClFN2O4. The second-order valence-corrected chi connectivity index (χ2v) is 9.17. The van der Waals surface area contributed by atoms with Crippen LogP contribution in [0, 0.1) is 5.82 Å². The van der Waals surface area contributed by atoms with E-state index in [0.29, 0.717) is 35.4 Å². The van der Waals surface area contributed by atoms with E-state index in [2.05, 4.69) is 22.5 Å². The minimum Gasteiger partial charge on any atom is -0.483 e. The summed E-state index contributed by atoms with van der Waals surface area (Å²) in [5, 5.41) is -0.0129. The van der Waals surface area contributed by atoms with Crippen molar-refractivity contribution in [2.75, 3.05) is 13.2 Å². The molecule has 4 rings (SSSR count). The summed E-state index contributed by atoms with van der Waals surface area (Å²) in [4.78, 5) is 28.6. The van der Waals surface area contributed by atoms with Crippen LogP contribution in [0.5, 0.6) is 5.75 Å². The van der Waals surface area contributed by atoms with Gasteiger partial charge in [0.1, 0.15) is 12.4 Å². The van der Waals surface area contributed by atoms with Crippen LogP contribution in [-0.2, 0) is 31.0 Å². The van der Waals surface area contributed by atoms with Gasteiger partial charge in [-0.25, -0.2) is 4.39 Å². The van der Waals surface area contributed by atoms with Crippen molar-refractivity contribution >= 4 is 33.4 Å². The van der Waals surface area contributed by atoms with Gasteiger partial charge in [0.2, 0.25) is 5.43 Å². The molecule has 2 heterocycles. The van der Waals surface area contributed by atoms with E-state index in [9.17, 15) is 14.0 Å². The summed E-state index contributed by atoms with van der Waals surface area (Å²) in [5.74, 6) is -0.919. The summed E-state index contributed by atoms with van der Waals surface area (Å²) in [6.07, 6.45) is 1.61. The largest absolute Gasteiger partial charge is 0.483 e. The third kappa shape index (κ3) is 5.50. The zero-order valence-electron chi connectivity index (χ0n) is 18.8. The Labute approximate surface area is 215 Å². The van der Waals surface area contributed by atoms with Crippen LogP contribution in [0.25, 0.3) is 0 Å². The molecule has 0 saturated carbocycles. The lowest BCUT2D eigenvalue weighted by molar-refractivity contribution is 0.0669. The van der Waals surface area contributed by atoms with Crippen LogP contribution in [0.4, 0.5) is 4.39 Å². The molecule has 0 fully saturated rings.